The van der Waals surface area contributed by atoms with Crippen molar-refractivity contribution in [1.82, 2.24) is 9.97 Å². The van der Waals surface area contributed by atoms with E-state index in [0.717, 1.165) is 0 Å². The van der Waals surface area contributed by atoms with E-state index in [9.17, 15) is 14.7 Å². The smallest absolute Gasteiger partial charge is 0.356 e. The molecule has 0 spiro atoms. The Kier molecular flexibility index (Phi) is 4.37. The van der Waals surface area contributed by atoms with Gasteiger partial charge in [-0.2, -0.15) is 0 Å². The summed E-state index contributed by atoms with van der Waals surface area (Å²) in [6, 6.07) is -0.717. The van der Waals surface area contributed by atoms with Gasteiger partial charge in [-0.15, -0.1) is 0 Å². The molecule has 1 aliphatic rings. The molecular formula is C13H18N4O4. The quantitative estimate of drug-likeness (QED) is 0.801. The number of ether oxygens (including phenoxy) is 1. The first kappa shape index (κ1) is 15.2. The standard InChI is InChI=1S/C13H18N4O4/c1-7(2)12-15-5-8(10(16-12)13(19)20)17-3-4-21-6-9(17)11(14)18/h5,7,9H,3-4,6H2,1-2H3,(H2,14,18)(H,19,20). The first-order chi connectivity index (χ1) is 9.91. The van der Waals surface area contributed by atoms with Gasteiger partial charge in [0.2, 0.25) is 5.91 Å². The Balaban J connectivity index is 2.46. The van der Waals surface area contributed by atoms with E-state index in [0.29, 0.717) is 24.7 Å². The number of carbonyl (C=O) groups excluding carboxylic acids is 1. The summed E-state index contributed by atoms with van der Waals surface area (Å²) in [7, 11) is 0. The van der Waals surface area contributed by atoms with E-state index in [1.807, 2.05) is 13.8 Å². The molecule has 0 radical (unpaired) electrons. The lowest BCUT2D eigenvalue weighted by molar-refractivity contribution is -0.121. The van der Waals surface area contributed by atoms with Crippen molar-refractivity contribution in [3.8, 4) is 0 Å². The van der Waals surface area contributed by atoms with Crippen LogP contribution in [-0.4, -0.2) is 52.8 Å². The van der Waals surface area contributed by atoms with Crippen LogP contribution in [0, 0.1) is 0 Å². The average molecular weight is 294 g/mol. The largest absolute Gasteiger partial charge is 0.476 e. The second-order valence-electron chi connectivity index (χ2n) is 5.11. The van der Waals surface area contributed by atoms with Gasteiger partial charge in [-0.25, -0.2) is 14.8 Å². The Bertz CT molecular complexity index is 561. The van der Waals surface area contributed by atoms with E-state index >= 15 is 0 Å². The van der Waals surface area contributed by atoms with Crippen molar-refractivity contribution in [2.75, 3.05) is 24.7 Å². The first-order valence-electron chi connectivity index (χ1n) is 6.65. The molecular weight excluding hydrogens is 276 g/mol. The van der Waals surface area contributed by atoms with Gasteiger partial charge in [-0.05, 0) is 0 Å². The number of morpholine rings is 1. The highest BCUT2D eigenvalue weighted by Crippen LogP contribution is 2.24. The average Bonchev–Trinajstić information content (AvgIpc) is 2.46. The number of nitrogens with two attached hydrogens (primary N) is 1. The van der Waals surface area contributed by atoms with Crippen LogP contribution in [0.1, 0.15) is 36.1 Å². The molecule has 1 atom stereocenters. The van der Waals surface area contributed by atoms with Gasteiger partial charge >= 0.3 is 5.97 Å². The van der Waals surface area contributed by atoms with Crippen molar-refractivity contribution >= 4 is 17.6 Å². The number of rotatable bonds is 4. The first-order valence-corrected chi connectivity index (χ1v) is 6.65. The number of carboxylic acid groups (broad SMARTS) is 1. The van der Waals surface area contributed by atoms with E-state index in [1.165, 1.54) is 6.20 Å². The Morgan fingerprint density at radius 1 is 1.52 bits per heavy atom. The van der Waals surface area contributed by atoms with Crippen molar-refractivity contribution in [2.24, 2.45) is 5.73 Å². The number of aromatic nitrogens is 2. The predicted octanol–water partition coefficient (Wildman–Crippen LogP) is -0.0113. The van der Waals surface area contributed by atoms with Crippen molar-refractivity contribution in [3.63, 3.8) is 0 Å². The summed E-state index contributed by atoms with van der Waals surface area (Å²) in [4.78, 5) is 32.8. The maximum atomic E-state index is 11.5. The molecule has 1 saturated heterocycles. The summed E-state index contributed by atoms with van der Waals surface area (Å²) in [6.45, 7) is 4.62. The van der Waals surface area contributed by atoms with E-state index in [-0.39, 0.29) is 18.2 Å². The van der Waals surface area contributed by atoms with Crippen LogP contribution in [0.3, 0.4) is 0 Å². The molecule has 8 nitrogen and oxygen atoms in total. The maximum Gasteiger partial charge on any atom is 0.356 e. The fourth-order valence-electron chi connectivity index (χ4n) is 2.16. The topological polar surface area (TPSA) is 119 Å². The highest BCUT2D eigenvalue weighted by Gasteiger charge is 2.31. The summed E-state index contributed by atoms with van der Waals surface area (Å²) in [5, 5.41) is 9.36. The van der Waals surface area contributed by atoms with Crippen molar-refractivity contribution in [2.45, 2.75) is 25.8 Å². The monoisotopic (exact) mass is 294 g/mol. The van der Waals surface area contributed by atoms with Crippen molar-refractivity contribution in [3.05, 3.63) is 17.7 Å². The Labute approximate surface area is 121 Å². The van der Waals surface area contributed by atoms with Crippen LogP contribution in [0.25, 0.3) is 0 Å². The summed E-state index contributed by atoms with van der Waals surface area (Å²) in [5.74, 6) is -1.28. The Morgan fingerprint density at radius 2 is 2.24 bits per heavy atom. The molecule has 1 aromatic rings. The third kappa shape index (κ3) is 3.10. The van der Waals surface area contributed by atoms with Crippen LogP contribution in [0.2, 0.25) is 0 Å². The van der Waals surface area contributed by atoms with Gasteiger partial charge in [0.1, 0.15) is 11.9 Å². The van der Waals surface area contributed by atoms with Crippen LogP contribution in [0.5, 0.6) is 0 Å². The van der Waals surface area contributed by atoms with Crippen molar-refractivity contribution < 1.29 is 19.4 Å². The maximum absolute atomic E-state index is 11.5. The van der Waals surface area contributed by atoms with Crippen LogP contribution in [0.15, 0.2) is 6.20 Å². The fraction of sp³-hybridized carbons (Fsp3) is 0.538. The van der Waals surface area contributed by atoms with Crippen LogP contribution in [0.4, 0.5) is 5.69 Å². The second-order valence-corrected chi connectivity index (χ2v) is 5.11. The predicted molar refractivity (Wildman–Crippen MR) is 74.2 cm³/mol. The minimum absolute atomic E-state index is 0.00813. The lowest BCUT2D eigenvalue weighted by atomic mass is 10.1. The third-order valence-electron chi connectivity index (χ3n) is 3.27. The number of nitrogens with zero attached hydrogens (tertiary/aromatic N) is 3. The van der Waals surface area contributed by atoms with Crippen molar-refractivity contribution in [1.29, 1.82) is 0 Å². The summed E-state index contributed by atoms with van der Waals surface area (Å²) >= 11 is 0. The van der Waals surface area contributed by atoms with Gasteiger partial charge in [0.25, 0.3) is 0 Å². The number of hydrogen-bond donors (Lipinski definition) is 2. The molecule has 21 heavy (non-hydrogen) atoms. The zero-order valence-corrected chi connectivity index (χ0v) is 11.9. The minimum atomic E-state index is -1.16. The highest BCUT2D eigenvalue weighted by molar-refractivity contribution is 5.94. The number of carbonyl (C=O) groups is 2. The Morgan fingerprint density at radius 3 is 2.81 bits per heavy atom. The molecule has 2 rings (SSSR count). The Hall–Kier alpha value is -2.22. The normalized spacial score (nSPS) is 18.8. The SMILES string of the molecule is CC(C)c1ncc(N2CCOCC2C(N)=O)c(C(=O)O)n1. The molecule has 0 bridgehead atoms. The number of anilines is 1. The summed E-state index contributed by atoms with van der Waals surface area (Å²) < 4.78 is 5.23. The zero-order chi connectivity index (χ0) is 15.6. The van der Waals surface area contributed by atoms with Gasteiger partial charge in [-0.3, -0.25) is 4.79 Å². The molecule has 2 heterocycles. The van der Waals surface area contributed by atoms with Crippen LogP contribution < -0.4 is 10.6 Å². The van der Waals surface area contributed by atoms with E-state index in [4.69, 9.17) is 10.5 Å². The van der Waals surface area contributed by atoms with E-state index in [1.54, 1.807) is 4.90 Å². The van der Waals surface area contributed by atoms with Gasteiger partial charge in [-0.1, -0.05) is 13.8 Å². The van der Waals surface area contributed by atoms with Crippen LogP contribution in [-0.2, 0) is 9.53 Å². The molecule has 0 aliphatic carbocycles. The molecule has 3 N–H and O–H groups in total. The van der Waals surface area contributed by atoms with E-state index < -0.39 is 17.9 Å². The highest BCUT2D eigenvalue weighted by atomic mass is 16.5. The number of aromatic carboxylic acids is 1. The molecule has 0 saturated carbocycles. The van der Waals surface area contributed by atoms with E-state index in [2.05, 4.69) is 9.97 Å². The number of primary amides is 1. The third-order valence-corrected chi connectivity index (χ3v) is 3.27. The van der Waals surface area contributed by atoms with Gasteiger partial charge < -0.3 is 20.5 Å². The molecule has 1 aliphatic heterocycles. The molecule has 0 aromatic carbocycles. The second kappa shape index (κ2) is 6.04. The molecule has 1 fully saturated rings. The van der Waals surface area contributed by atoms with Gasteiger partial charge in [0, 0.05) is 12.5 Å². The fourth-order valence-corrected chi connectivity index (χ4v) is 2.16. The van der Waals surface area contributed by atoms with Crippen LogP contribution >= 0.6 is 0 Å². The summed E-state index contributed by atoms with van der Waals surface area (Å²) in [6.07, 6.45) is 1.44. The number of hydrogen-bond acceptors (Lipinski definition) is 6. The number of carboxylic acids is 1. The van der Waals surface area contributed by atoms with Gasteiger partial charge in [0.15, 0.2) is 5.69 Å². The molecule has 114 valence electrons. The molecule has 8 heteroatoms. The number of amides is 1. The molecule has 1 amide bonds. The van der Waals surface area contributed by atoms with Gasteiger partial charge in [0.05, 0.1) is 25.1 Å². The molecule has 1 unspecified atom stereocenters. The zero-order valence-electron chi connectivity index (χ0n) is 11.9. The lowest BCUT2D eigenvalue weighted by Crippen LogP contribution is -2.53. The molecule has 1 aromatic heterocycles. The summed E-state index contributed by atoms with van der Waals surface area (Å²) in [5.41, 5.74) is 5.52. The minimum Gasteiger partial charge on any atom is -0.476 e. The lowest BCUT2D eigenvalue weighted by Gasteiger charge is -2.35.